The Labute approximate surface area is 148 Å². The van der Waals surface area contributed by atoms with Crippen LogP contribution in [-0.4, -0.2) is 42.0 Å². The quantitative estimate of drug-likeness (QED) is 0.788. The van der Waals surface area contributed by atoms with Gasteiger partial charge in [-0.15, -0.1) is 23.1 Å². The molecule has 2 atom stereocenters. The first kappa shape index (κ1) is 18.6. The Hall–Kier alpha value is -0.720. The minimum Gasteiger partial charge on any atom is -0.444 e. The summed E-state index contributed by atoms with van der Waals surface area (Å²) in [6.07, 6.45) is 1.84. The van der Waals surface area contributed by atoms with Crippen molar-refractivity contribution in [2.24, 2.45) is 0 Å². The Morgan fingerprint density at radius 3 is 2.91 bits per heavy atom. The smallest absolute Gasteiger partial charge is 0.410 e. The van der Waals surface area contributed by atoms with Gasteiger partial charge in [-0.05, 0) is 57.2 Å². The van der Waals surface area contributed by atoms with Crippen LogP contribution in [0.15, 0.2) is 15.7 Å². The topological polar surface area (TPSA) is 41.6 Å². The molecule has 0 spiro atoms. The standard InChI is InChI=1S/C17H28N2O2S2/c1-12-11-14(13-7-10-22-15(13)23-12)18-8-6-9-19(5)16(20)21-17(2,3)4/h7,10,12,14,18H,6,8-9,11H2,1-5H3/t12-,14?/m0/s1. The lowest BCUT2D eigenvalue weighted by molar-refractivity contribution is 0.0297. The number of rotatable bonds is 5. The number of hydrogen-bond donors (Lipinski definition) is 1. The molecule has 2 rings (SSSR count). The van der Waals surface area contributed by atoms with E-state index in [2.05, 4.69) is 23.7 Å². The lowest BCUT2D eigenvalue weighted by Crippen LogP contribution is -2.36. The fourth-order valence-corrected chi connectivity index (χ4v) is 5.13. The molecule has 130 valence electrons. The summed E-state index contributed by atoms with van der Waals surface area (Å²) in [4.78, 5) is 13.6. The molecule has 0 radical (unpaired) electrons. The first-order valence-electron chi connectivity index (χ1n) is 8.18. The third kappa shape index (κ3) is 5.69. The maximum Gasteiger partial charge on any atom is 0.410 e. The molecule has 0 saturated carbocycles. The predicted molar refractivity (Wildman–Crippen MR) is 98.5 cm³/mol. The minimum absolute atomic E-state index is 0.250. The zero-order valence-electron chi connectivity index (χ0n) is 14.7. The van der Waals surface area contributed by atoms with Crippen molar-refractivity contribution in [1.29, 1.82) is 0 Å². The Balaban J connectivity index is 1.73. The molecule has 6 heteroatoms. The fraction of sp³-hybridized carbons (Fsp3) is 0.706. The van der Waals surface area contributed by atoms with Crippen LogP contribution in [0.3, 0.4) is 0 Å². The van der Waals surface area contributed by atoms with E-state index in [0.717, 1.165) is 19.4 Å². The van der Waals surface area contributed by atoms with Crippen LogP contribution in [0.5, 0.6) is 0 Å². The van der Waals surface area contributed by atoms with Gasteiger partial charge in [0.25, 0.3) is 0 Å². The number of nitrogens with zero attached hydrogens (tertiary/aromatic N) is 1. The number of nitrogens with one attached hydrogen (secondary N) is 1. The summed E-state index contributed by atoms with van der Waals surface area (Å²) >= 11 is 3.82. The minimum atomic E-state index is -0.436. The molecule has 1 aliphatic heterocycles. The van der Waals surface area contributed by atoms with Crippen LogP contribution >= 0.6 is 23.1 Å². The Bertz CT molecular complexity index is 525. The number of ether oxygens (including phenoxy) is 1. The molecule has 1 aromatic heterocycles. The third-order valence-electron chi connectivity index (χ3n) is 3.68. The molecule has 1 aromatic rings. The monoisotopic (exact) mass is 356 g/mol. The highest BCUT2D eigenvalue weighted by Gasteiger charge is 2.25. The Morgan fingerprint density at radius 2 is 2.22 bits per heavy atom. The van der Waals surface area contributed by atoms with Gasteiger partial charge in [0.15, 0.2) is 0 Å². The molecule has 2 heterocycles. The van der Waals surface area contributed by atoms with Gasteiger partial charge in [0.1, 0.15) is 5.60 Å². The van der Waals surface area contributed by atoms with E-state index in [-0.39, 0.29) is 6.09 Å². The van der Waals surface area contributed by atoms with Crippen LogP contribution in [-0.2, 0) is 4.74 Å². The molecule has 1 aliphatic rings. The highest BCUT2D eigenvalue weighted by molar-refractivity contribution is 8.01. The van der Waals surface area contributed by atoms with Gasteiger partial charge < -0.3 is 15.0 Å². The van der Waals surface area contributed by atoms with E-state index in [1.54, 1.807) is 11.9 Å². The van der Waals surface area contributed by atoms with Gasteiger partial charge in [-0.3, -0.25) is 0 Å². The second-order valence-corrected chi connectivity index (χ2v) is 9.71. The molecule has 23 heavy (non-hydrogen) atoms. The van der Waals surface area contributed by atoms with Crippen molar-refractivity contribution in [3.8, 4) is 0 Å². The van der Waals surface area contributed by atoms with Gasteiger partial charge in [0.05, 0.1) is 4.21 Å². The zero-order valence-corrected chi connectivity index (χ0v) is 16.4. The molecule has 0 bridgehead atoms. The van der Waals surface area contributed by atoms with Gasteiger partial charge in [0, 0.05) is 24.9 Å². The van der Waals surface area contributed by atoms with E-state index in [1.807, 2.05) is 43.9 Å². The van der Waals surface area contributed by atoms with Crippen LogP contribution in [0, 0.1) is 0 Å². The van der Waals surface area contributed by atoms with Crippen molar-refractivity contribution in [2.75, 3.05) is 20.1 Å². The number of carbonyl (C=O) groups excluding carboxylic acids is 1. The van der Waals surface area contributed by atoms with Crippen LogP contribution < -0.4 is 5.32 Å². The van der Waals surface area contributed by atoms with Crippen LogP contribution in [0.1, 0.15) is 52.1 Å². The van der Waals surface area contributed by atoms with E-state index in [4.69, 9.17) is 4.74 Å². The summed E-state index contributed by atoms with van der Waals surface area (Å²) in [5.41, 5.74) is 1.01. The van der Waals surface area contributed by atoms with Crippen molar-refractivity contribution in [1.82, 2.24) is 10.2 Å². The maximum atomic E-state index is 11.9. The molecular formula is C17H28N2O2S2. The van der Waals surface area contributed by atoms with Gasteiger partial charge >= 0.3 is 6.09 Å². The van der Waals surface area contributed by atoms with Crippen molar-refractivity contribution >= 4 is 29.2 Å². The van der Waals surface area contributed by atoms with E-state index in [9.17, 15) is 4.79 Å². The average molecular weight is 357 g/mol. The Kier molecular flexibility index (Phi) is 6.40. The van der Waals surface area contributed by atoms with E-state index in [1.165, 1.54) is 9.77 Å². The highest BCUT2D eigenvalue weighted by atomic mass is 32.2. The van der Waals surface area contributed by atoms with Crippen molar-refractivity contribution in [3.63, 3.8) is 0 Å². The first-order chi connectivity index (χ1) is 10.8. The van der Waals surface area contributed by atoms with Crippen molar-refractivity contribution in [3.05, 3.63) is 17.0 Å². The fourth-order valence-electron chi connectivity index (χ4n) is 2.57. The van der Waals surface area contributed by atoms with Gasteiger partial charge in [-0.2, -0.15) is 0 Å². The number of fused-ring (bicyclic) bond motifs is 1. The average Bonchev–Trinajstić information content (AvgIpc) is 2.89. The predicted octanol–water partition coefficient (Wildman–Crippen LogP) is 4.52. The van der Waals surface area contributed by atoms with Gasteiger partial charge in [-0.25, -0.2) is 4.79 Å². The molecule has 0 aromatic carbocycles. The molecule has 1 amide bonds. The number of thiophene rings is 1. The molecule has 0 fully saturated rings. The molecule has 4 nitrogen and oxygen atoms in total. The second-order valence-electron chi connectivity index (χ2n) is 7.09. The summed E-state index contributed by atoms with van der Waals surface area (Å²) in [5, 5.41) is 6.49. The number of hydrogen-bond acceptors (Lipinski definition) is 5. The second kappa shape index (κ2) is 7.90. The van der Waals surface area contributed by atoms with Crippen LogP contribution in [0.2, 0.25) is 0 Å². The molecular weight excluding hydrogens is 328 g/mol. The number of thioether (sulfide) groups is 1. The summed E-state index contributed by atoms with van der Waals surface area (Å²) in [6.45, 7) is 9.57. The largest absolute Gasteiger partial charge is 0.444 e. The van der Waals surface area contributed by atoms with Crippen LogP contribution in [0.4, 0.5) is 4.79 Å². The maximum absolute atomic E-state index is 11.9. The van der Waals surface area contributed by atoms with E-state index < -0.39 is 5.60 Å². The summed E-state index contributed by atoms with van der Waals surface area (Å²) in [6, 6.07) is 2.68. The summed E-state index contributed by atoms with van der Waals surface area (Å²) in [5.74, 6) is 0. The lowest BCUT2D eigenvalue weighted by Gasteiger charge is -2.28. The number of carbonyl (C=O) groups is 1. The van der Waals surface area contributed by atoms with Gasteiger partial charge in [-0.1, -0.05) is 6.92 Å². The molecule has 0 saturated heterocycles. The normalized spacial score (nSPS) is 20.9. The molecule has 0 aliphatic carbocycles. The first-order valence-corrected chi connectivity index (χ1v) is 9.94. The SMILES string of the molecule is C[C@H]1CC(NCCCN(C)C(=O)OC(C)(C)C)c2ccsc2S1. The van der Waals surface area contributed by atoms with Crippen molar-refractivity contribution < 1.29 is 9.53 Å². The lowest BCUT2D eigenvalue weighted by atomic mass is 10.0. The van der Waals surface area contributed by atoms with E-state index in [0.29, 0.717) is 17.8 Å². The van der Waals surface area contributed by atoms with Crippen molar-refractivity contribution in [2.45, 2.75) is 61.6 Å². The van der Waals surface area contributed by atoms with E-state index >= 15 is 0 Å². The van der Waals surface area contributed by atoms with Gasteiger partial charge in [0.2, 0.25) is 0 Å². The highest BCUT2D eigenvalue weighted by Crippen LogP contribution is 2.43. The molecule has 1 unspecified atom stereocenters. The number of amides is 1. The summed E-state index contributed by atoms with van der Waals surface area (Å²) < 4.78 is 6.81. The molecule has 1 N–H and O–H groups in total. The summed E-state index contributed by atoms with van der Waals surface area (Å²) in [7, 11) is 1.80. The Morgan fingerprint density at radius 1 is 1.48 bits per heavy atom. The van der Waals surface area contributed by atoms with Crippen LogP contribution in [0.25, 0.3) is 0 Å². The zero-order chi connectivity index (χ0) is 17.0. The third-order valence-corrected chi connectivity index (χ3v) is 6.02.